The predicted molar refractivity (Wildman–Crippen MR) is 73.0 cm³/mol. The van der Waals surface area contributed by atoms with Crippen LogP contribution in [0.3, 0.4) is 0 Å². The minimum atomic E-state index is 0.246. The lowest BCUT2D eigenvalue weighted by Gasteiger charge is -2.14. The number of nitrogens with one attached hydrogen (secondary N) is 1. The second-order valence-electron chi connectivity index (χ2n) is 4.17. The van der Waals surface area contributed by atoms with Crippen LogP contribution in [-0.2, 0) is 17.7 Å². The first-order valence-corrected chi connectivity index (χ1v) is 6.87. The summed E-state index contributed by atoms with van der Waals surface area (Å²) >= 11 is 1.63. The van der Waals surface area contributed by atoms with Crippen molar-refractivity contribution >= 4 is 17.3 Å². The molecule has 0 bridgehead atoms. The van der Waals surface area contributed by atoms with Crippen LogP contribution >= 0.6 is 11.3 Å². The van der Waals surface area contributed by atoms with Crippen LogP contribution in [-0.4, -0.2) is 34.3 Å². The highest BCUT2D eigenvalue weighted by atomic mass is 32.1. The Balaban J connectivity index is 1.91. The quantitative estimate of drug-likeness (QED) is 0.833. The molecule has 1 atom stereocenters. The maximum Gasteiger partial charge on any atom is 0.203 e. The molecule has 0 radical (unpaired) electrons. The van der Waals surface area contributed by atoms with Gasteiger partial charge in [-0.15, -0.1) is 11.3 Å². The van der Waals surface area contributed by atoms with Crippen molar-refractivity contribution in [1.29, 1.82) is 0 Å². The van der Waals surface area contributed by atoms with Gasteiger partial charge in [-0.25, -0.2) is 9.97 Å². The van der Waals surface area contributed by atoms with Crippen molar-refractivity contribution in [2.45, 2.75) is 25.9 Å². The van der Waals surface area contributed by atoms with Gasteiger partial charge in [0.15, 0.2) is 0 Å². The van der Waals surface area contributed by atoms with Gasteiger partial charge in [0.1, 0.15) is 0 Å². The van der Waals surface area contributed by atoms with Gasteiger partial charge in [0.05, 0.1) is 17.8 Å². The number of thiazole rings is 1. The molecule has 0 aliphatic carbocycles. The molecule has 0 aromatic carbocycles. The number of rotatable bonds is 7. The Kier molecular flexibility index (Phi) is 4.72. The van der Waals surface area contributed by atoms with E-state index in [1.165, 1.54) is 0 Å². The van der Waals surface area contributed by atoms with Crippen LogP contribution < -0.4 is 5.32 Å². The number of aryl methyl sites for hydroxylation is 2. The van der Waals surface area contributed by atoms with Gasteiger partial charge >= 0.3 is 0 Å². The third-order valence-electron chi connectivity index (χ3n) is 2.60. The van der Waals surface area contributed by atoms with Crippen LogP contribution in [0.5, 0.6) is 0 Å². The fourth-order valence-corrected chi connectivity index (χ4v) is 2.33. The zero-order valence-electron chi connectivity index (χ0n) is 10.7. The first-order valence-electron chi connectivity index (χ1n) is 5.93. The molecule has 2 rings (SSSR count). The van der Waals surface area contributed by atoms with E-state index in [4.69, 9.17) is 4.74 Å². The number of nitrogens with zero attached hydrogens (tertiary/aromatic N) is 3. The van der Waals surface area contributed by atoms with Gasteiger partial charge in [-0.3, -0.25) is 0 Å². The van der Waals surface area contributed by atoms with E-state index >= 15 is 0 Å². The fourth-order valence-electron chi connectivity index (χ4n) is 1.74. The second-order valence-corrected chi connectivity index (χ2v) is 4.89. The smallest absolute Gasteiger partial charge is 0.203 e. The number of methoxy groups -OCH3 is 1. The molecule has 5 nitrogen and oxygen atoms in total. The summed E-state index contributed by atoms with van der Waals surface area (Å²) in [7, 11) is 1.70. The summed E-state index contributed by atoms with van der Waals surface area (Å²) in [6.07, 6.45) is 4.71. The SMILES string of the molecule is COCC(C)Nc1nccn1CCc1cscn1. The van der Waals surface area contributed by atoms with Gasteiger partial charge in [0.25, 0.3) is 0 Å². The Morgan fingerprint density at radius 3 is 3.11 bits per heavy atom. The molecule has 1 unspecified atom stereocenters. The van der Waals surface area contributed by atoms with Crippen LogP contribution in [0.15, 0.2) is 23.3 Å². The number of hydrogen-bond acceptors (Lipinski definition) is 5. The molecule has 2 aromatic rings. The summed E-state index contributed by atoms with van der Waals surface area (Å²) in [5, 5.41) is 5.41. The summed E-state index contributed by atoms with van der Waals surface area (Å²) in [4.78, 5) is 8.60. The normalized spacial score (nSPS) is 12.6. The van der Waals surface area contributed by atoms with Crippen LogP contribution in [0.1, 0.15) is 12.6 Å². The molecule has 6 heteroatoms. The lowest BCUT2D eigenvalue weighted by molar-refractivity contribution is 0.190. The average Bonchev–Trinajstić information content (AvgIpc) is 2.97. The van der Waals surface area contributed by atoms with E-state index in [0.717, 1.165) is 24.6 Å². The Morgan fingerprint density at radius 2 is 2.39 bits per heavy atom. The highest BCUT2D eigenvalue weighted by molar-refractivity contribution is 7.07. The standard InChI is InChI=1S/C12H18N4OS/c1-10(7-17-2)15-12-13-4-6-16(12)5-3-11-8-18-9-14-11/h4,6,8-10H,3,5,7H2,1-2H3,(H,13,15). The molecule has 2 heterocycles. The van der Waals surface area contributed by atoms with E-state index < -0.39 is 0 Å². The predicted octanol–water partition coefficient (Wildman–Crippen LogP) is 2.03. The van der Waals surface area contributed by atoms with Crippen molar-refractivity contribution in [3.63, 3.8) is 0 Å². The van der Waals surface area contributed by atoms with Crippen molar-refractivity contribution < 1.29 is 4.74 Å². The molecule has 0 fully saturated rings. The molecule has 2 aromatic heterocycles. The van der Waals surface area contributed by atoms with E-state index in [9.17, 15) is 0 Å². The van der Waals surface area contributed by atoms with Gasteiger partial charge < -0.3 is 14.6 Å². The first-order chi connectivity index (χ1) is 8.79. The first kappa shape index (κ1) is 13.0. The minimum Gasteiger partial charge on any atom is -0.383 e. The molecule has 0 spiro atoms. The monoisotopic (exact) mass is 266 g/mol. The summed E-state index contributed by atoms with van der Waals surface area (Å²) in [6.45, 7) is 3.62. The van der Waals surface area contributed by atoms with Crippen molar-refractivity contribution in [2.75, 3.05) is 19.0 Å². The molecule has 0 saturated carbocycles. The van der Waals surface area contributed by atoms with Crippen molar-refractivity contribution in [3.8, 4) is 0 Å². The van der Waals surface area contributed by atoms with Crippen molar-refractivity contribution in [2.24, 2.45) is 0 Å². The van der Waals surface area contributed by atoms with Crippen LogP contribution in [0, 0.1) is 0 Å². The lowest BCUT2D eigenvalue weighted by Crippen LogP contribution is -2.23. The maximum atomic E-state index is 5.10. The highest BCUT2D eigenvalue weighted by Gasteiger charge is 2.07. The number of anilines is 1. The molecular weight excluding hydrogens is 248 g/mol. The topological polar surface area (TPSA) is 52.0 Å². The van der Waals surface area contributed by atoms with E-state index in [1.807, 2.05) is 17.9 Å². The van der Waals surface area contributed by atoms with Gasteiger partial charge in [-0.1, -0.05) is 0 Å². The van der Waals surface area contributed by atoms with Crippen molar-refractivity contribution in [3.05, 3.63) is 29.0 Å². The number of imidazole rings is 1. The largest absolute Gasteiger partial charge is 0.383 e. The third kappa shape index (κ3) is 3.54. The number of ether oxygens (including phenoxy) is 1. The number of aromatic nitrogens is 3. The Bertz CT molecular complexity index is 454. The zero-order valence-corrected chi connectivity index (χ0v) is 11.5. The van der Waals surface area contributed by atoms with E-state index in [1.54, 1.807) is 18.4 Å². The van der Waals surface area contributed by atoms with Gasteiger partial charge in [0, 0.05) is 43.9 Å². The van der Waals surface area contributed by atoms with E-state index in [2.05, 4.69) is 32.2 Å². The highest BCUT2D eigenvalue weighted by Crippen LogP contribution is 2.09. The molecule has 18 heavy (non-hydrogen) atoms. The van der Waals surface area contributed by atoms with E-state index in [0.29, 0.717) is 6.61 Å². The van der Waals surface area contributed by atoms with Crippen LogP contribution in [0.25, 0.3) is 0 Å². The summed E-state index contributed by atoms with van der Waals surface area (Å²) in [5.41, 5.74) is 2.99. The lowest BCUT2D eigenvalue weighted by atomic mass is 10.3. The van der Waals surface area contributed by atoms with Gasteiger partial charge in [-0.05, 0) is 6.92 Å². The molecule has 98 valence electrons. The fraction of sp³-hybridized carbons (Fsp3) is 0.500. The molecule has 0 amide bonds. The molecule has 0 aliphatic heterocycles. The molecule has 1 N–H and O–H groups in total. The Labute approximate surface area is 111 Å². The Morgan fingerprint density at radius 1 is 1.50 bits per heavy atom. The zero-order chi connectivity index (χ0) is 12.8. The van der Waals surface area contributed by atoms with Crippen LogP contribution in [0.4, 0.5) is 5.95 Å². The van der Waals surface area contributed by atoms with E-state index in [-0.39, 0.29) is 6.04 Å². The molecular formula is C12H18N4OS. The summed E-state index contributed by atoms with van der Waals surface area (Å²) in [6, 6.07) is 0.246. The summed E-state index contributed by atoms with van der Waals surface area (Å²) < 4.78 is 7.21. The number of hydrogen-bond donors (Lipinski definition) is 1. The van der Waals surface area contributed by atoms with Gasteiger partial charge in [0.2, 0.25) is 5.95 Å². The van der Waals surface area contributed by atoms with Crippen molar-refractivity contribution in [1.82, 2.24) is 14.5 Å². The van der Waals surface area contributed by atoms with Crippen LogP contribution in [0.2, 0.25) is 0 Å². The Hall–Kier alpha value is -1.40. The van der Waals surface area contributed by atoms with Gasteiger partial charge in [-0.2, -0.15) is 0 Å². The maximum absolute atomic E-state index is 5.10. The minimum absolute atomic E-state index is 0.246. The summed E-state index contributed by atoms with van der Waals surface area (Å²) in [5.74, 6) is 0.884. The average molecular weight is 266 g/mol. The third-order valence-corrected chi connectivity index (χ3v) is 3.24. The second kappa shape index (κ2) is 6.51. The molecule has 0 saturated heterocycles. The molecule has 0 aliphatic rings.